The third kappa shape index (κ3) is 8.48. The zero-order chi connectivity index (χ0) is 21.0. The fourth-order valence-corrected chi connectivity index (χ4v) is 4.14. The van der Waals surface area contributed by atoms with Crippen LogP contribution in [0.15, 0.2) is 0 Å². The van der Waals surface area contributed by atoms with E-state index in [1.807, 2.05) is 27.7 Å². The van der Waals surface area contributed by atoms with E-state index in [1.54, 1.807) is 20.8 Å². The SMILES string of the molecule is CC.CC.CCCC1(CCC)CC(CC(C)=O)C1.CC[C@@]1(C)CC1(F)F. The van der Waals surface area contributed by atoms with Crippen LogP contribution in [-0.2, 0) is 4.79 Å². The van der Waals surface area contributed by atoms with Gasteiger partial charge in [0, 0.05) is 18.3 Å². The van der Waals surface area contributed by atoms with Crippen LogP contribution in [0.5, 0.6) is 0 Å². The Labute approximate surface area is 162 Å². The van der Waals surface area contributed by atoms with E-state index < -0.39 is 11.3 Å². The first-order valence-electron chi connectivity index (χ1n) is 11.0. The van der Waals surface area contributed by atoms with E-state index in [0.29, 0.717) is 23.5 Å². The lowest BCUT2D eigenvalue weighted by molar-refractivity contribution is -0.120. The van der Waals surface area contributed by atoms with E-state index >= 15 is 0 Å². The van der Waals surface area contributed by atoms with Crippen molar-refractivity contribution in [2.45, 2.75) is 126 Å². The van der Waals surface area contributed by atoms with Gasteiger partial charge >= 0.3 is 0 Å². The van der Waals surface area contributed by atoms with E-state index in [-0.39, 0.29) is 6.42 Å². The monoisotopic (exact) mass is 376 g/mol. The van der Waals surface area contributed by atoms with Gasteiger partial charge in [-0.1, -0.05) is 68.2 Å². The summed E-state index contributed by atoms with van der Waals surface area (Å²) in [5, 5.41) is 0. The van der Waals surface area contributed by atoms with Crippen LogP contribution >= 0.6 is 0 Å². The smallest absolute Gasteiger partial charge is 0.254 e. The van der Waals surface area contributed by atoms with Gasteiger partial charge in [-0.3, -0.25) is 0 Å². The molecule has 0 aromatic heterocycles. The number of hydrogen-bond acceptors (Lipinski definition) is 1. The number of carbonyl (C=O) groups excluding carboxylic acids is 1. The highest BCUT2D eigenvalue weighted by molar-refractivity contribution is 5.75. The molecule has 1 atom stereocenters. The molecule has 2 saturated carbocycles. The first kappa shape index (κ1) is 27.7. The average molecular weight is 377 g/mol. The minimum Gasteiger partial charge on any atom is -0.300 e. The van der Waals surface area contributed by atoms with Crippen LogP contribution in [-0.4, -0.2) is 11.7 Å². The van der Waals surface area contributed by atoms with Crippen molar-refractivity contribution >= 4 is 5.78 Å². The summed E-state index contributed by atoms with van der Waals surface area (Å²) in [4.78, 5) is 11.0. The Hall–Kier alpha value is -0.470. The largest absolute Gasteiger partial charge is 0.300 e. The molecule has 0 amide bonds. The van der Waals surface area contributed by atoms with Gasteiger partial charge in [-0.15, -0.1) is 0 Å². The fourth-order valence-electron chi connectivity index (χ4n) is 4.14. The van der Waals surface area contributed by atoms with Gasteiger partial charge in [-0.2, -0.15) is 0 Å². The highest BCUT2D eigenvalue weighted by atomic mass is 19.3. The highest BCUT2D eigenvalue weighted by Gasteiger charge is 2.66. The summed E-state index contributed by atoms with van der Waals surface area (Å²) in [6, 6.07) is 0. The van der Waals surface area contributed by atoms with Crippen LogP contribution in [0.4, 0.5) is 8.78 Å². The summed E-state index contributed by atoms with van der Waals surface area (Å²) in [5.74, 6) is -1.26. The van der Waals surface area contributed by atoms with Crippen molar-refractivity contribution in [3.05, 3.63) is 0 Å². The first-order valence-corrected chi connectivity index (χ1v) is 11.0. The van der Waals surface area contributed by atoms with Gasteiger partial charge in [-0.25, -0.2) is 8.78 Å². The van der Waals surface area contributed by atoms with E-state index in [0.717, 1.165) is 6.42 Å². The summed E-state index contributed by atoms with van der Waals surface area (Å²) < 4.78 is 24.4. The highest BCUT2D eigenvalue weighted by Crippen LogP contribution is 2.62. The molecule has 1 nitrogen and oxygen atoms in total. The number of rotatable bonds is 7. The van der Waals surface area contributed by atoms with Crippen molar-refractivity contribution < 1.29 is 13.6 Å². The van der Waals surface area contributed by atoms with Crippen LogP contribution in [0.1, 0.15) is 120 Å². The predicted octanol–water partition coefficient (Wildman–Crippen LogP) is 8.46. The van der Waals surface area contributed by atoms with Crippen LogP contribution < -0.4 is 0 Å². The molecule has 2 aliphatic rings. The lowest BCUT2D eigenvalue weighted by Crippen LogP contribution is -2.37. The van der Waals surface area contributed by atoms with Gasteiger partial charge in [0.25, 0.3) is 5.92 Å². The fraction of sp³-hybridized carbons (Fsp3) is 0.957. The molecule has 0 spiro atoms. The minimum absolute atomic E-state index is 0.0938. The number of Topliss-reactive ketones (excluding diaryl/α,β-unsaturated/α-hetero) is 1. The van der Waals surface area contributed by atoms with E-state index in [1.165, 1.54) is 38.5 Å². The van der Waals surface area contributed by atoms with E-state index in [2.05, 4.69) is 13.8 Å². The maximum Gasteiger partial charge on any atom is 0.254 e. The molecule has 2 aliphatic carbocycles. The summed E-state index contributed by atoms with van der Waals surface area (Å²) in [7, 11) is 0. The molecule has 0 saturated heterocycles. The van der Waals surface area contributed by atoms with Crippen LogP contribution in [0, 0.1) is 16.7 Å². The lowest BCUT2D eigenvalue weighted by atomic mass is 9.57. The van der Waals surface area contributed by atoms with Crippen LogP contribution in [0.25, 0.3) is 0 Å². The average Bonchev–Trinajstić information content (AvgIpc) is 3.09. The minimum atomic E-state index is -2.35. The molecule has 0 aromatic carbocycles. The summed E-state index contributed by atoms with van der Waals surface area (Å²) >= 11 is 0. The summed E-state index contributed by atoms with van der Waals surface area (Å²) in [5.41, 5.74) is -0.0172. The standard InChI is InChI=1S/C13H24O.C6H10F2.2C2H6/c1-4-6-13(7-5-2)9-12(10-13)8-11(3)14;1-3-5(2)4-6(5,7)8;2*1-2/h12H,4-10H2,1-3H3;3-4H2,1-2H3;2*1-2H3/t;5-;;/m.0../s1. The van der Waals surface area contributed by atoms with E-state index in [9.17, 15) is 13.6 Å². The van der Waals surface area contributed by atoms with Gasteiger partial charge in [-0.05, 0) is 50.4 Å². The first-order chi connectivity index (χ1) is 12.1. The van der Waals surface area contributed by atoms with Crippen molar-refractivity contribution in [1.82, 2.24) is 0 Å². The molecule has 2 fully saturated rings. The quantitative estimate of drug-likeness (QED) is 0.435. The van der Waals surface area contributed by atoms with Gasteiger partial charge < -0.3 is 4.79 Å². The van der Waals surface area contributed by atoms with E-state index in [4.69, 9.17) is 0 Å². The van der Waals surface area contributed by atoms with Crippen molar-refractivity contribution in [3.8, 4) is 0 Å². The Balaban J connectivity index is 0. The van der Waals surface area contributed by atoms with Crippen LogP contribution in [0.3, 0.4) is 0 Å². The molecule has 26 heavy (non-hydrogen) atoms. The Bertz CT molecular complexity index is 364. The molecular formula is C23H46F2O. The van der Waals surface area contributed by atoms with Gasteiger partial charge in [0.1, 0.15) is 5.78 Å². The maximum atomic E-state index is 12.2. The molecule has 3 heteroatoms. The Morgan fingerprint density at radius 1 is 0.962 bits per heavy atom. The molecular weight excluding hydrogens is 330 g/mol. The van der Waals surface area contributed by atoms with Crippen LogP contribution in [0.2, 0.25) is 0 Å². The van der Waals surface area contributed by atoms with Crippen molar-refractivity contribution in [2.24, 2.45) is 16.7 Å². The Morgan fingerprint density at radius 2 is 1.35 bits per heavy atom. The third-order valence-electron chi connectivity index (χ3n) is 5.73. The number of carbonyl (C=O) groups is 1. The zero-order valence-electron chi connectivity index (χ0n) is 19.1. The Kier molecular flexibility index (Phi) is 13.7. The molecule has 0 radical (unpaired) electrons. The molecule has 0 aromatic rings. The Morgan fingerprint density at radius 3 is 1.54 bits per heavy atom. The van der Waals surface area contributed by atoms with Gasteiger partial charge in [0.15, 0.2) is 0 Å². The number of halogens is 2. The van der Waals surface area contributed by atoms with Crippen molar-refractivity contribution in [3.63, 3.8) is 0 Å². The topological polar surface area (TPSA) is 17.1 Å². The van der Waals surface area contributed by atoms with Gasteiger partial charge in [0.2, 0.25) is 0 Å². The lowest BCUT2D eigenvalue weighted by Gasteiger charge is -2.48. The number of hydrogen-bond donors (Lipinski definition) is 0. The van der Waals surface area contributed by atoms with Gasteiger partial charge in [0.05, 0.1) is 0 Å². The maximum absolute atomic E-state index is 12.2. The number of alkyl halides is 2. The molecule has 0 N–H and O–H groups in total. The summed E-state index contributed by atoms with van der Waals surface area (Å²) in [6.07, 6.45) is 9.48. The molecule has 0 aliphatic heterocycles. The molecule has 0 unspecified atom stereocenters. The normalized spacial score (nSPS) is 24.4. The molecule has 0 bridgehead atoms. The molecule has 2 rings (SSSR count). The third-order valence-corrected chi connectivity index (χ3v) is 5.73. The van der Waals surface area contributed by atoms with Crippen molar-refractivity contribution in [1.29, 1.82) is 0 Å². The zero-order valence-corrected chi connectivity index (χ0v) is 19.1. The van der Waals surface area contributed by atoms with Crippen molar-refractivity contribution in [2.75, 3.05) is 0 Å². The molecule has 0 heterocycles. The second-order valence-electron chi connectivity index (χ2n) is 7.98. The number of ketones is 1. The molecule has 158 valence electrons. The predicted molar refractivity (Wildman–Crippen MR) is 111 cm³/mol. The second-order valence-corrected chi connectivity index (χ2v) is 7.98. The second kappa shape index (κ2) is 12.8. The summed E-state index contributed by atoms with van der Waals surface area (Å²) in [6.45, 7) is 17.7.